The number of amides is 1. The van der Waals surface area contributed by atoms with Gasteiger partial charge in [-0.15, -0.1) is 5.10 Å². The van der Waals surface area contributed by atoms with E-state index in [1.54, 1.807) is 42.3 Å². The number of pyridine rings is 3. The van der Waals surface area contributed by atoms with Gasteiger partial charge in [-0.1, -0.05) is 6.07 Å². The van der Waals surface area contributed by atoms with Gasteiger partial charge in [0.15, 0.2) is 5.65 Å². The maximum Gasteiger partial charge on any atom is 0.249 e. The average Bonchev–Trinajstić information content (AvgIpc) is 3.09. The van der Waals surface area contributed by atoms with E-state index in [9.17, 15) is 4.79 Å². The smallest absolute Gasteiger partial charge is 0.249 e. The van der Waals surface area contributed by atoms with Gasteiger partial charge in [0, 0.05) is 23.7 Å². The molecule has 0 aliphatic heterocycles. The van der Waals surface area contributed by atoms with E-state index >= 15 is 0 Å². The van der Waals surface area contributed by atoms with Crippen molar-refractivity contribution in [3.05, 3.63) is 65.7 Å². The number of rotatable bonds is 5. The molecule has 0 saturated heterocycles. The largest absolute Gasteiger partial charge is 0.495 e. The molecule has 8 heteroatoms. The van der Waals surface area contributed by atoms with Crippen LogP contribution in [0.2, 0.25) is 0 Å². The lowest BCUT2D eigenvalue weighted by Crippen LogP contribution is -2.15. The number of carbonyl (C=O) groups excluding carboxylic acids is 1. The number of aromatic nitrogens is 5. The monoisotopic (exact) mass is 388 g/mol. The fraction of sp³-hybridized carbons (Fsp3) is 0.190. The first-order valence-corrected chi connectivity index (χ1v) is 9.10. The number of hydrogen-bond acceptors (Lipinski definition) is 6. The summed E-state index contributed by atoms with van der Waals surface area (Å²) in [7, 11) is 1.58. The Kier molecular flexibility index (Phi) is 4.90. The maximum atomic E-state index is 12.4. The summed E-state index contributed by atoms with van der Waals surface area (Å²) < 4.78 is 6.73. The first kappa shape index (κ1) is 18.5. The van der Waals surface area contributed by atoms with Crippen molar-refractivity contribution in [3.8, 4) is 17.0 Å². The second kappa shape index (κ2) is 7.67. The lowest BCUT2D eigenvalue weighted by atomic mass is 10.0. The van der Waals surface area contributed by atoms with Gasteiger partial charge in [0.25, 0.3) is 0 Å². The molecule has 8 nitrogen and oxygen atoms in total. The lowest BCUT2D eigenvalue weighted by Gasteiger charge is -2.08. The van der Waals surface area contributed by atoms with Crippen LogP contribution >= 0.6 is 0 Å². The van der Waals surface area contributed by atoms with Crippen molar-refractivity contribution < 1.29 is 9.53 Å². The van der Waals surface area contributed by atoms with Crippen LogP contribution < -0.4 is 10.1 Å². The molecule has 146 valence electrons. The summed E-state index contributed by atoms with van der Waals surface area (Å²) in [5, 5.41) is 6.99. The molecule has 0 atom stereocenters. The van der Waals surface area contributed by atoms with E-state index < -0.39 is 0 Å². The van der Waals surface area contributed by atoms with Gasteiger partial charge in [-0.05, 0) is 49.2 Å². The molecule has 0 spiro atoms. The number of carbonyl (C=O) groups is 1. The Balaban J connectivity index is 1.48. The fourth-order valence-electron chi connectivity index (χ4n) is 3.12. The summed E-state index contributed by atoms with van der Waals surface area (Å²) >= 11 is 0. The second-order valence-electron chi connectivity index (χ2n) is 6.73. The number of hydrogen-bond donors (Lipinski definition) is 1. The van der Waals surface area contributed by atoms with Crippen LogP contribution in [-0.4, -0.2) is 37.6 Å². The van der Waals surface area contributed by atoms with E-state index in [2.05, 4.69) is 25.4 Å². The van der Waals surface area contributed by atoms with Crippen molar-refractivity contribution in [2.45, 2.75) is 20.3 Å². The van der Waals surface area contributed by atoms with Gasteiger partial charge in [0.1, 0.15) is 5.75 Å². The van der Waals surface area contributed by atoms with Crippen LogP contribution in [0, 0.1) is 13.8 Å². The van der Waals surface area contributed by atoms with Gasteiger partial charge in [0.2, 0.25) is 11.9 Å². The highest BCUT2D eigenvalue weighted by Crippen LogP contribution is 2.22. The highest BCUT2D eigenvalue weighted by Gasteiger charge is 2.11. The van der Waals surface area contributed by atoms with Gasteiger partial charge >= 0.3 is 0 Å². The number of fused-ring (bicyclic) bond motifs is 1. The Bertz CT molecular complexity index is 1200. The van der Waals surface area contributed by atoms with Crippen molar-refractivity contribution >= 4 is 17.5 Å². The van der Waals surface area contributed by atoms with Crippen LogP contribution in [0.3, 0.4) is 0 Å². The molecule has 0 bridgehead atoms. The third-order valence-electron chi connectivity index (χ3n) is 4.46. The Morgan fingerprint density at radius 3 is 2.79 bits per heavy atom. The van der Waals surface area contributed by atoms with Gasteiger partial charge in [-0.2, -0.15) is 4.98 Å². The zero-order valence-electron chi connectivity index (χ0n) is 16.4. The fourth-order valence-corrected chi connectivity index (χ4v) is 3.12. The highest BCUT2D eigenvalue weighted by atomic mass is 16.5. The number of anilines is 1. The molecule has 0 aromatic carbocycles. The molecular formula is C21H20N6O2. The molecule has 0 fully saturated rings. The quantitative estimate of drug-likeness (QED) is 0.565. The van der Waals surface area contributed by atoms with Crippen molar-refractivity contribution in [3.63, 3.8) is 0 Å². The number of ether oxygens (including phenoxy) is 1. The Labute approximate surface area is 167 Å². The third kappa shape index (κ3) is 4.06. The minimum Gasteiger partial charge on any atom is -0.495 e. The number of nitrogens with zero attached hydrogens (tertiary/aromatic N) is 5. The third-order valence-corrected chi connectivity index (χ3v) is 4.46. The first-order valence-electron chi connectivity index (χ1n) is 9.10. The van der Waals surface area contributed by atoms with Crippen molar-refractivity contribution in [1.29, 1.82) is 0 Å². The Morgan fingerprint density at radius 2 is 2.03 bits per heavy atom. The molecule has 0 saturated carbocycles. The predicted octanol–water partition coefficient (Wildman–Crippen LogP) is 2.99. The molecule has 0 aliphatic rings. The molecule has 4 aromatic heterocycles. The average molecular weight is 388 g/mol. The van der Waals surface area contributed by atoms with E-state index in [0.717, 1.165) is 28.1 Å². The molecule has 1 N–H and O–H groups in total. The molecular weight excluding hydrogens is 368 g/mol. The predicted molar refractivity (Wildman–Crippen MR) is 109 cm³/mol. The normalized spacial score (nSPS) is 10.9. The molecule has 0 radical (unpaired) electrons. The summed E-state index contributed by atoms with van der Waals surface area (Å²) in [6.07, 6.45) is 5.37. The summed E-state index contributed by atoms with van der Waals surface area (Å²) in [5.74, 6) is 0.699. The Morgan fingerprint density at radius 1 is 1.17 bits per heavy atom. The SMILES string of the molecule is COc1ccc2nc(NC(=O)Cc3cnc(-c4ccnc(C)c4)c(C)c3)nn2c1. The maximum absolute atomic E-state index is 12.4. The number of methoxy groups -OCH3 is 1. The van der Waals surface area contributed by atoms with E-state index in [1.807, 2.05) is 32.0 Å². The molecule has 4 aromatic rings. The van der Waals surface area contributed by atoms with Gasteiger partial charge < -0.3 is 4.74 Å². The van der Waals surface area contributed by atoms with E-state index in [-0.39, 0.29) is 18.3 Å². The zero-order valence-corrected chi connectivity index (χ0v) is 16.4. The van der Waals surface area contributed by atoms with Crippen molar-refractivity contribution in [1.82, 2.24) is 24.6 Å². The van der Waals surface area contributed by atoms with Gasteiger partial charge in [-0.25, -0.2) is 4.52 Å². The standard InChI is InChI=1S/C21H20N6O2/c1-13-8-15(11-23-20(13)16-6-7-22-14(2)9-16)10-19(28)25-21-24-18-5-4-17(29-3)12-27(18)26-21/h4-9,11-12H,10H2,1-3H3,(H,25,26,28). The minimum absolute atomic E-state index is 0.183. The Hall–Kier alpha value is -3.81. The van der Waals surface area contributed by atoms with Gasteiger partial charge in [0.05, 0.1) is 25.4 Å². The summed E-state index contributed by atoms with van der Waals surface area (Å²) in [6, 6.07) is 9.45. The summed E-state index contributed by atoms with van der Waals surface area (Å²) in [6.45, 7) is 3.93. The minimum atomic E-state index is -0.207. The van der Waals surface area contributed by atoms with Crippen LogP contribution in [0.15, 0.2) is 48.9 Å². The van der Waals surface area contributed by atoms with E-state index in [4.69, 9.17) is 4.74 Å². The molecule has 0 unspecified atom stereocenters. The van der Waals surface area contributed by atoms with Crippen LogP contribution in [0.5, 0.6) is 5.75 Å². The molecule has 1 amide bonds. The van der Waals surface area contributed by atoms with Crippen LogP contribution in [0.4, 0.5) is 5.95 Å². The first-order chi connectivity index (χ1) is 14.0. The van der Waals surface area contributed by atoms with Gasteiger partial charge in [-0.3, -0.25) is 20.1 Å². The van der Waals surface area contributed by atoms with E-state index in [0.29, 0.717) is 11.4 Å². The molecule has 4 rings (SSSR count). The van der Waals surface area contributed by atoms with Crippen LogP contribution in [0.25, 0.3) is 16.9 Å². The lowest BCUT2D eigenvalue weighted by molar-refractivity contribution is -0.115. The van der Waals surface area contributed by atoms with Crippen molar-refractivity contribution in [2.24, 2.45) is 0 Å². The topological polar surface area (TPSA) is 94.3 Å². The second-order valence-corrected chi connectivity index (χ2v) is 6.73. The summed E-state index contributed by atoms with van der Waals surface area (Å²) in [5.41, 5.74) is 5.27. The van der Waals surface area contributed by atoms with E-state index in [1.165, 1.54) is 0 Å². The van der Waals surface area contributed by atoms with Crippen LogP contribution in [-0.2, 0) is 11.2 Å². The van der Waals surface area contributed by atoms with Crippen molar-refractivity contribution in [2.75, 3.05) is 12.4 Å². The summed E-state index contributed by atoms with van der Waals surface area (Å²) in [4.78, 5) is 25.5. The molecule has 4 heterocycles. The molecule has 29 heavy (non-hydrogen) atoms. The highest BCUT2D eigenvalue weighted by molar-refractivity contribution is 5.90. The molecule has 0 aliphatic carbocycles. The van der Waals surface area contributed by atoms with Crippen LogP contribution in [0.1, 0.15) is 16.8 Å². The number of aryl methyl sites for hydroxylation is 2. The number of nitrogens with one attached hydrogen (secondary N) is 1. The zero-order chi connectivity index (χ0) is 20.4.